The van der Waals surface area contributed by atoms with Gasteiger partial charge in [0.25, 0.3) is 0 Å². The smallest absolute Gasteiger partial charge is 0.137 e. The third-order valence-electron chi connectivity index (χ3n) is 5.77. The highest BCUT2D eigenvalue weighted by atomic mass is 16.3. The molecular formula is C25H30O. The van der Waals surface area contributed by atoms with Crippen molar-refractivity contribution < 1.29 is 4.42 Å². The molecule has 0 saturated heterocycles. The molecule has 4 bridgehead atoms. The van der Waals surface area contributed by atoms with E-state index in [9.17, 15) is 0 Å². The van der Waals surface area contributed by atoms with Crippen LogP contribution >= 0.6 is 0 Å². The summed E-state index contributed by atoms with van der Waals surface area (Å²) in [6.45, 7) is 11.4. The molecule has 136 valence electrons. The van der Waals surface area contributed by atoms with E-state index in [2.05, 4.69) is 71.0 Å². The average Bonchev–Trinajstić information content (AvgIpc) is 3.02. The molecular weight excluding hydrogens is 316 g/mol. The fraction of sp³-hybridized carbons (Fsp3) is 0.440. The van der Waals surface area contributed by atoms with Crippen molar-refractivity contribution in [3.8, 4) is 0 Å². The molecule has 0 N–H and O–H groups in total. The minimum Gasteiger partial charge on any atom is -0.461 e. The van der Waals surface area contributed by atoms with Crippen LogP contribution < -0.4 is 0 Å². The van der Waals surface area contributed by atoms with Crippen molar-refractivity contribution in [1.82, 2.24) is 0 Å². The van der Waals surface area contributed by atoms with E-state index in [1.165, 1.54) is 33.2 Å². The maximum atomic E-state index is 6.30. The lowest BCUT2D eigenvalue weighted by Gasteiger charge is -2.25. The fourth-order valence-corrected chi connectivity index (χ4v) is 4.20. The van der Waals surface area contributed by atoms with Crippen LogP contribution in [0.25, 0.3) is 11.0 Å². The first-order chi connectivity index (χ1) is 12.3. The summed E-state index contributed by atoms with van der Waals surface area (Å²) in [6.07, 6.45) is 4.25. The second-order valence-corrected chi connectivity index (χ2v) is 9.17. The predicted octanol–water partition coefficient (Wildman–Crippen LogP) is 6.74. The van der Waals surface area contributed by atoms with Crippen molar-refractivity contribution in [3.63, 3.8) is 0 Å². The highest BCUT2D eigenvalue weighted by molar-refractivity contribution is 5.85. The number of hydrogen-bond donors (Lipinski definition) is 0. The molecule has 3 aromatic rings. The van der Waals surface area contributed by atoms with Gasteiger partial charge in [-0.25, -0.2) is 0 Å². The quantitative estimate of drug-likeness (QED) is 0.475. The van der Waals surface area contributed by atoms with Crippen LogP contribution in [-0.4, -0.2) is 0 Å². The molecule has 1 heterocycles. The molecule has 0 spiro atoms. The summed E-state index contributed by atoms with van der Waals surface area (Å²) in [5.41, 5.74) is 8.52. The number of furan rings is 1. The highest BCUT2D eigenvalue weighted by Crippen LogP contribution is 2.34. The summed E-state index contributed by atoms with van der Waals surface area (Å²) in [5.74, 6) is 1.54. The highest BCUT2D eigenvalue weighted by Gasteiger charge is 2.20. The van der Waals surface area contributed by atoms with Crippen molar-refractivity contribution in [2.45, 2.75) is 71.6 Å². The van der Waals surface area contributed by atoms with Gasteiger partial charge in [0.15, 0.2) is 0 Å². The van der Waals surface area contributed by atoms with Gasteiger partial charge in [-0.3, -0.25) is 0 Å². The van der Waals surface area contributed by atoms with E-state index in [0.717, 1.165) is 37.0 Å². The fourth-order valence-electron chi connectivity index (χ4n) is 4.20. The Kier molecular flexibility index (Phi) is 4.22. The molecule has 0 aliphatic heterocycles. The lowest BCUT2D eigenvalue weighted by molar-refractivity contribution is 0.519. The summed E-state index contributed by atoms with van der Waals surface area (Å²) in [7, 11) is 0. The topological polar surface area (TPSA) is 13.1 Å². The van der Waals surface area contributed by atoms with Crippen LogP contribution in [0.1, 0.15) is 74.1 Å². The lowest BCUT2D eigenvalue weighted by atomic mass is 9.80. The summed E-state index contributed by atoms with van der Waals surface area (Å²) in [5, 5.41) is 1.33. The van der Waals surface area contributed by atoms with Crippen LogP contribution in [0.15, 0.2) is 40.8 Å². The van der Waals surface area contributed by atoms with Gasteiger partial charge in [-0.05, 0) is 65.0 Å². The van der Waals surface area contributed by atoms with Gasteiger partial charge < -0.3 is 4.42 Å². The second-order valence-electron chi connectivity index (χ2n) is 9.17. The lowest BCUT2D eigenvalue weighted by Crippen LogP contribution is -2.15. The summed E-state index contributed by atoms with van der Waals surface area (Å²) in [4.78, 5) is 0. The molecule has 0 atom stereocenters. The first kappa shape index (κ1) is 17.4. The summed E-state index contributed by atoms with van der Waals surface area (Å²) >= 11 is 0. The molecule has 1 aromatic heterocycles. The second kappa shape index (κ2) is 6.30. The summed E-state index contributed by atoms with van der Waals surface area (Å²) < 4.78 is 6.30. The molecule has 0 radical (unpaired) electrons. The number of aryl methyl sites for hydroxylation is 4. The molecule has 4 aliphatic carbocycles. The van der Waals surface area contributed by atoms with Crippen molar-refractivity contribution in [1.29, 1.82) is 0 Å². The van der Waals surface area contributed by atoms with Gasteiger partial charge in [-0.1, -0.05) is 65.0 Å². The van der Waals surface area contributed by atoms with E-state index in [4.69, 9.17) is 4.42 Å². The first-order valence-corrected chi connectivity index (χ1v) is 9.99. The van der Waals surface area contributed by atoms with E-state index in [1.54, 1.807) is 0 Å². The Hall–Kier alpha value is -2.02. The van der Waals surface area contributed by atoms with E-state index < -0.39 is 0 Å². The van der Waals surface area contributed by atoms with E-state index >= 15 is 0 Å². The molecule has 0 fully saturated rings. The molecule has 0 amide bonds. The Balaban J connectivity index is 1.85. The largest absolute Gasteiger partial charge is 0.461 e. The zero-order chi connectivity index (χ0) is 18.5. The molecule has 7 rings (SSSR count). The van der Waals surface area contributed by atoms with Crippen LogP contribution in [0.3, 0.4) is 0 Å². The molecule has 1 heteroatoms. The van der Waals surface area contributed by atoms with Gasteiger partial charge in [0, 0.05) is 11.3 Å². The van der Waals surface area contributed by atoms with E-state index in [0.29, 0.717) is 5.92 Å². The SMILES string of the molecule is CC(C)c1cc2c3ccc(c2o1)CCc1ccc(c(C(C)(C)C)c1)CC3. The molecule has 2 aromatic carbocycles. The number of hydrogen-bond acceptors (Lipinski definition) is 1. The van der Waals surface area contributed by atoms with Crippen molar-refractivity contribution in [2.24, 2.45) is 0 Å². The van der Waals surface area contributed by atoms with Crippen molar-refractivity contribution >= 4 is 11.0 Å². The van der Waals surface area contributed by atoms with Crippen LogP contribution in [-0.2, 0) is 31.1 Å². The monoisotopic (exact) mass is 346 g/mol. The number of rotatable bonds is 1. The summed E-state index contributed by atoms with van der Waals surface area (Å²) in [6, 6.07) is 14.1. The van der Waals surface area contributed by atoms with Crippen LogP contribution in [0.5, 0.6) is 0 Å². The zero-order valence-corrected chi connectivity index (χ0v) is 16.8. The minimum atomic E-state index is 0.188. The molecule has 0 unspecified atom stereocenters. The average molecular weight is 347 g/mol. The maximum absolute atomic E-state index is 6.30. The Morgan fingerprint density at radius 2 is 1.46 bits per heavy atom. The Morgan fingerprint density at radius 3 is 2.19 bits per heavy atom. The van der Waals surface area contributed by atoms with Crippen LogP contribution in [0.2, 0.25) is 0 Å². The van der Waals surface area contributed by atoms with Crippen LogP contribution in [0, 0.1) is 0 Å². The zero-order valence-electron chi connectivity index (χ0n) is 16.8. The minimum absolute atomic E-state index is 0.188. The van der Waals surface area contributed by atoms with Gasteiger partial charge >= 0.3 is 0 Å². The van der Waals surface area contributed by atoms with Gasteiger partial charge in [-0.2, -0.15) is 0 Å². The Labute approximate surface area is 157 Å². The van der Waals surface area contributed by atoms with Gasteiger partial charge in [0.2, 0.25) is 0 Å². The molecule has 1 nitrogen and oxygen atoms in total. The molecule has 26 heavy (non-hydrogen) atoms. The van der Waals surface area contributed by atoms with Gasteiger partial charge in [0.05, 0.1) is 0 Å². The number of benzene rings is 2. The third-order valence-corrected chi connectivity index (χ3v) is 5.77. The molecule has 0 saturated carbocycles. The van der Waals surface area contributed by atoms with Crippen LogP contribution in [0.4, 0.5) is 0 Å². The van der Waals surface area contributed by atoms with E-state index in [1.807, 2.05) is 0 Å². The Morgan fingerprint density at radius 1 is 0.808 bits per heavy atom. The van der Waals surface area contributed by atoms with E-state index in [-0.39, 0.29) is 5.41 Å². The normalized spacial score (nSPS) is 14.8. The predicted molar refractivity (Wildman–Crippen MR) is 110 cm³/mol. The van der Waals surface area contributed by atoms with Gasteiger partial charge in [0.1, 0.15) is 11.3 Å². The standard InChI is InChI=1S/C25H30O/c1-16(2)23-15-21-18-10-12-19-8-6-17(14-22(19)25(3,4)5)7-9-20(13-11-18)24(21)26-23/h6,8,11,13-16H,7,9-10,12H2,1-5H3. The van der Waals surface area contributed by atoms with Crippen molar-refractivity contribution in [3.05, 3.63) is 70.0 Å². The maximum Gasteiger partial charge on any atom is 0.137 e. The molecule has 4 aliphatic rings. The first-order valence-electron chi connectivity index (χ1n) is 9.99. The van der Waals surface area contributed by atoms with Crippen molar-refractivity contribution in [2.75, 3.05) is 0 Å². The van der Waals surface area contributed by atoms with Gasteiger partial charge in [-0.15, -0.1) is 0 Å². The Bertz CT molecular complexity index is 950. The third kappa shape index (κ3) is 3.09.